The minimum atomic E-state index is -5.76. The summed E-state index contributed by atoms with van der Waals surface area (Å²) >= 11 is 0. The van der Waals surface area contributed by atoms with Gasteiger partial charge in [-0.05, 0) is 12.3 Å². The van der Waals surface area contributed by atoms with E-state index in [9.17, 15) is 43.9 Å². The van der Waals surface area contributed by atoms with Gasteiger partial charge in [-0.25, -0.2) is 0 Å². The number of halogens is 10. The van der Waals surface area contributed by atoms with Gasteiger partial charge in [-0.15, -0.1) is 0 Å². The predicted octanol–water partition coefficient (Wildman–Crippen LogP) is 3.93. The summed E-state index contributed by atoms with van der Waals surface area (Å²) in [5, 5.41) is 2.18. The van der Waals surface area contributed by atoms with Gasteiger partial charge < -0.3 is 4.74 Å². The van der Waals surface area contributed by atoms with Crippen molar-refractivity contribution in [1.29, 1.82) is 0 Å². The van der Waals surface area contributed by atoms with Crippen LogP contribution in [0.15, 0.2) is 0 Å². The Labute approximate surface area is 135 Å². The van der Waals surface area contributed by atoms with Crippen molar-refractivity contribution in [2.45, 2.75) is 56.7 Å². The lowest BCUT2D eigenvalue weighted by molar-refractivity contribution is -0.316. The normalized spacial score (nSPS) is 22.6. The highest BCUT2D eigenvalue weighted by Gasteiger charge is 2.64. The molecule has 1 N–H and O–H groups in total. The summed E-state index contributed by atoms with van der Waals surface area (Å²) in [6.07, 6.45) is -14.5. The van der Waals surface area contributed by atoms with Gasteiger partial charge in [0, 0.05) is 6.04 Å². The highest BCUT2D eigenvalue weighted by atomic mass is 19.4. The first-order valence-electron chi connectivity index (χ1n) is 6.68. The molecule has 150 valence electrons. The molecule has 3 nitrogen and oxygen atoms in total. The topological polar surface area (TPSA) is 38.3 Å². The molecule has 25 heavy (non-hydrogen) atoms. The Kier molecular flexibility index (Phi) is 7.70. The van der Waals surface area contributed by atoms with E-state index in [4.69, 9.17) is 4.79 Å². The summed E-state index contributed by atoms with van der Waals surface area (Å²) in [4.78, 5) is 9.00. The molecular formula is C12H15F10NO2. The van der Waals surface area contributed by atoms with Crippen LogP contribution in [-0.2, 0) is 9.53 Å². The van der Waals surface area contributed by atoms with Gasteiger partial charge in [-0.2, -0.15) is 43.9 Å². The first kappa shape index (κ1) is 23.9. The monoisotopic (exact) mass is 395 g/mol. The molecule has 0 saturated carbocycles. The van der Waals surface area contributed by atoms with E-state index in [1.165, 1.54) is 0 Å². The van der Waals surface area contributed by atoms with Crippen molar-refractivity contribution in [2.24, 2.45) is 5.92 Å². The van der Waals surface area contributed by atoms with Crippen LogP contribution in [0.4, 0.5) is 43.9 Å². The third-order valence-corrected chi connectivity index (χ3v) is 2.84. The Morgan fingerprint density at radius 2 is 1.48 bits per heavy atom. The third kappa shape index (κ3) is 6.60. The molecule has 0 aromatic heterocycles. The molecular weight excluding hydrogens is 380 g/mol. The Morgan fingerprint density at radius 1 is 1.00 bits per heavy atom. The van der Waals surface area contributed by atoms with Crippen molar-refractivity contribution in [1.82, 2.24) is 5.32 Å². The number of carbonyl (C=O) groups excluding carboxylic acids is 1. The van der Waals surface area contributed by atoms with Gasteiger partial charge in [0.05, 0.1) is 6.61 Å². The SMILES string of the molecule is CC(C)C[C@H]1COC(C(F)(F)C(F)(F)F)N1.O=CC(F)(F)C(F)(F)F. The fourth-order valence-corrected chi connectivity index (χ4v) is 1.65. The van der Waals surface area contributed by atoms with E-state index in [-0.39, 0.29) is 12.5 Å². The third-order valence-electron chi connectivity index (χ3n) is 2.84. The van der Waals surface area contributed by atoms with E-state index in [0.717, 1.165) is 0 Å². The lowest BCUT2D eigenvalue weighted by Crippen LogP contribution is -2.53. The van der Waals surface area contributed by atoms with Crippen LogP contribution < -0.4 is 5.32 Å². The molecule has 1 heterocycles. The molecule has 1 rings (SSSR count). The van der Waals surface area contributed by atoms with E-state index in [2.05, 4.69) is 10.1 Å². The van der Waals surface area contributed by atoms with E-state index in [1.807, 2.05) is 13.8 Å². The Morgan fingerprint density at radius 3 is 1.76 bits per heavy atom. The molecule has 0 spiro atoms. The maximum Gasteiger partial charge on any atom is 0.460 e. The molecule has 0 amide bonds. The van der Waals surface area contributed by atoms with Crippen molar-refractivity contribution < 1.29 is 53.4 Å². The number of hydrogen-bond acceptors (Lipinski definition) is 3. The molecule has 0 aromatic rings. The van der Waals surface area contributed by atoms with Gasteiger partial charge in [0.1, 0.15) is 0 Å². The van der Waals surface area contributed by atoms with Crippen LogP contribution in [0, 0.1) is 5.92 Å². The summed E-state index contributed by atoms with van der Waals surface area (Å²) in [5.74, 6) is -9.84. The number of carbonyl (C=O) groups is 1. The summed E-state index contributed by atoms with van der Waals surface area (Å²) in [6.45, 7) is 3.60. The van der Waals surface area contributed by atoms with E-state index >= 15 is 0 Å². The first-order chi connectivity index (χ1) is 11.0. The fourth-order valence-electron chi connectivity index (χ4n) is 1.65. The standard InChI is InChI=1S/C9H14F5NO.C3HF5O/c1-5(2)3-6-4-16-7(15-6)8(10,11)9(12,13)14;4-2(5,1-9)3(6,7)8/h5-7,15H,3-4H2,1-2H3;1H/t6-,7?;/m0./s1. The number of aldehydes is 1. The largest absolute Gasteiger partial charge is 0.460 e. The lowest BCUT2D eigenvalue weighted by atomic mass is 10.1. The predicted molar refractivity (Wildman–Crippen MR) is 64.2 cm³/mol. The quantitative estimate of drug-likeness (QED) is 0.579. The van der Waals surface area contributed by atoms with Crippen molar-refractivity contribution in [3.8, 4) is 0 Å². The summed E-state index contributed by atoms with van der Waals surface area (Å²) < 4.78 is 121. The molecule has 1 fully saturated rings. The maximum absolute atomic E-state index is 12.8. The van der Waals surface area contributed by atoms with Crippen LogP contribution >= 0.6 is 0 Å². The van der Waals surface area contributed by atoms with Crippen LogP contribution in [-0.4, -0.2) is 49.4 Å². The summed E-state index contributed by atoms with van der Waals surface area (Å²) in [6, 6.07) is -0.446. The number of ether oxygens (including phenoxy) is 1. The smallest absolute Gasteiger partial charge is 0.355 e. The molecule has 1 aliphatic rings. The first-order valence-corrected chi connectivity index (χ1v) is 6.68. The van der Waals surface area contributed by atoms with Gasteiger partial charge in [0.25, 0.3) is 0 Å². The molecule has 0 aliphatic carbocycles. The van der Waals surface area contributed by atoms with E-state index < -0.39 is 42.8 Å². The lowest BCUT2D eigenvalue weighted by Gasteiger charge is -2.25. The second-order valence-corrected chi connectivity index (χ2v) is 5.57. The van der Waals surface area contributed by atoms with Gasteiger partial charge in [-0.3, -0.25) is 10.1 Å². The van der Waals surface area contributed by atoms with Crippen LogP contribution in [0.1, 0.15) is 20.3 Å². The number of nitrogens with one attached hydrogen (secondary N) is 1. The fraction of sp³-hybridized carbons (Fsp3) is 0.917. The molecule has 0 radical (unpaired) electrons. The zero-order valence-corrected chi connectivity index (χ0v) is 12.8. The van der Waals surface area contributed by atoms with Gasteiger partial charge in [-0.1, -0.05) is 13.8 Å². The average molecular weight is 395 g/mol. The second kappa shape index (κ2) is 8.06. The minimum Gasteiger partial charge on any atom is -0.355 e. The van der Waals surface area contributed by atoms with Gasteiger partial charge >= 0.3 is 24.2 Å². The van der Waals surface area contributed by atoms with E-state index in [0.29, 0.717) is 6.42 Å². The van der Waals surface area contributed by atoms with E-state index in [1.54, 1.807) is 0 Å². The van der Waals surface area contributed by atoms with Crippen molar-refractivity contribution >= 4 is 6.29 Å². The van der Waals surface area contributed by atoms with Crippen LogP contribution in [0.5, 0.6) is 0 Å². The maximum atomic E-state index is 12.8. The Hall–Kier alpha value is -1.11. The van der Waals surface area contributed by atoms with Crippen LogP contribution in [0.3, 0.4) is 0 Å². The highest BCUT2D eigenvalue weighted by Crippen LogP contribution is 2.40. The van der Waals surface area contributed by atoms with Gasteiger partial charge in [0.15, 0.2) is 12.5 Å². The average Bonchev–Trinajstić information content (AvgIpc) is 2.85. The molecule has 13 heteroatoms. The molecule has 0 bridgehead atoms. The zero-order valence-electron chi connectivity index (χ0n) is 12.8. The molecule has 1 aliphatic heterocycles. The highest BCUT2D eigenvalue weighted by molar-refractivity contribution is 5.60. The number of alkyl halides is 10. The van der Waals surface area contributed by atoms with Gasteiger partial charge in [0.2, 0.25) is 0 Å². The number of hydrogen-bond donors (Lipinski definition) is 1. The summed E-state index contributed by atoms with van der Waals surface area (Å²) in [7, 11) is 0. The van der Waals surface area contributed by atoms with Crippen molar-refractivity contribution in [2.75, 3.05) is 6.61 Å². The van der Waals surface area contributed by atoms with Crippen LogP contribution in [0.25, 0.3) is 0 Å². The van der Waals surface area contributed by atoms with Crippen LogP contribution in [0.2, 0.25) is 0 Å². The minimum absolute atomic E-state index is 0.117. The Bertz CT molecular complexity index is 433. The molecule has 0 aromatic carbocycles. The second-order valence-electron chi connectivity index (χ2n) is 5.57. The van der Waals surface area contributed by atoms with Crippen molar-refractivity contribution in [3.63, 3.8) is 0 Å². The molecule has 1 saturated heterocycles. The molecule has 1 unspecified atom stereocenters. The Balaban J connectivity index is 0.000000547. The van der Waals surface area contributed by atoms with Crippen molar-refractivity contribution in [3.05, 3.63) is 0 Å². The molecule has 2 atom stereocenters. The number of rotatable bonds is 4. The summed E-state index contributed by atoms with van der Waals surface area (Å²) in [5.41, 5.74) is 0. The zero-order chi connectivity index (χ0) is 20.3.